The second-order valence-corrected chi connectivity index (χ2v) is 8.31. The first-order valence-electron chi connectivity index (χ1n) is 11.2. The van der Waals surface area contributed by atoms with Gasteiger partial charge in [-0.25, -0.2) is 0 Å². The first-order valence-corrected chi connectivity index (χ1v) is 11.2. The van der Waals surface area contributed by atoms with E-state index in [0.29, 0.717) is 6.54 Å². The molecule has 0 atom stereocenters. The van der Waals surface area contributed by atoms with Crippen LogP contribution >= 0.6 is 0 Å². The lowest BCUT2D eigenvalue weighted by Gasteiger charge is -2.35. The molecule has 154 valence electrons. The summed E-state index contributed by atoms with van der Waals surface area (Å²) in [4.78, 5) is 13.9. The van der Waals surface area contributed by atoms with E-state index in [1.54, 1.807) is 0 Å². The molecule has 0 saturated carbocycles. The van der Waals surface area contributed by atoms with E-state index in [9.17, 15) is 4.79 Å². The first kappa shape index (κ1) is 20.4. The standard InChI is InChI=1S/C28H31NO/c1-2-21-29-27(30)28(20-10-13-22-11-4-3-5-12-22)25-16-8-6-14-23(25)18-19-24-15-7-9-17-26(24)28/h3-9,11-12,14-17H,2,10,13,18-21H2,1H3,(H,29,30). The van der Waals surface area contributed by atoms with Crippen LogP contribution in [0.1, 0.15) is 54.0 Å². The molecule has 30 heavy (non-hydrogen) atoms. The molecule has 0 bridgehead atoms. The van der Waals surface area contributed by atoms with Crippen LogP contribution in [0.3, 0.4) is 0 Å². The summed E-state index contributed by atoms with van der Waals surface area (Å²) in [5.41, 5.74) is 5.69. The minimum Gasteiger partial charge on any atom is -0.355 e. The molecule has 0 spiro atoms. The van der Waals surface area contributed by atoms with Gasteiger partial charge in [-0.3, -0.25) is 4.79 Å². The van der Waals surface area contributed by atoms with Crippen LogP contribution in [0.4, 0.5) is 0 Å². The Bertz CT molecular complexity index is 945. The molecule has 3 aromatic carbocycles. The van der Waals surface area contributed by atoms with Gasteiger partial charge in [0, 0.05) is 6.54 Å². The van der Waals surface area contributed by atoms with E-state index in [4.69, 9.17) is 0 Å². The highest BCUT2D eigenvalue weighted by Gasteiger charge is 2.44. The van der Waals surface area contributed by atoms with Crippen molar-refractivity contribution in [2.75, 3.05) is 6.54 Å². The number of benzene rings is 3. The van der Waals surface area contributed by atoms with E-state index < -0.39 is 5.41 Å². The molecule has 2 nitrogen and oxygen atoms in total. The number of carbonyl (C=O) groups excluding carboxylic acids is 1. The maximum atomic E-state index is 13.9. The quantitative estimate of drug-likeness (QED) is 0.551. The van der Waals surface area contributed by atoms with Crippen LogP contribution in [-0.2, 0) is 29.5 Å². The van der Waals surface area contributed by atoms with Gasteiger partial charge in [-0.05, 0) is 66.3 Å². The Labute approximate surface area is 180 Å². The molecule has 4 rings (SSSR count). The second kappa shape index (κ2) is 9.30. The van der Waals surface area contributed by atoms with Crippen LogP contribution in [-0.4, -0.2) is 12.5 Å². The van der Waals surface area contributed by atoms with Crippen molar-refractivity contribution in [2.45, 2.75) is 50.9 Å². The molecule has 1 aliphatic carbocycles. The minimum atomic E-state index is -0.631. The van der Waals surface area contributed by atoms with Crippen molar-refractivity contribution < 1.29 is 4.79 Å². The lowest BCUT2D eigenvalue weighted by atomic mass is 9.68. The maximum absolute atomic E-state index is 13.9. The van der Waals surface area contributed by atoms with Crippen LogP contribution in [0, 0.1) is 0 Å². The summed E-state index contributed by atoms with van der Waals surface area (Å²) >= 11 is 0. The van der Waals surface area contributed by atoms with Crippen molar-refractivity contribution in [3.05, 3.63) is 107 Å². The summed E-state index contributed by atoms with van der Waals surface area (Å²) < 4.78 is 0. The van der Waals surface area contributed by atoms with Crippen molar-refractivity contribution in [1.82, 2.24) is 5.32 Å². The first-order chi connectivity index (χ1) is 14.8. The van der Waals surface area contributed by atoms with Gasteiger partial charge in [-0.15, -0.1) is 0 Å². The van der Waals surface area contributed by atoms with E-state index in [-0.39, 0.29) is 5.91 Å². The Hall–Kier alpha value is -2.87. The SMILES string of the molecule is CCCNC(=O)C1(CCCc2ccccc2)c2ccccc2CCc2ccccc21. The number of aryl methyl sites for hydroxylation is 3. The molecule has 3 aromatic rings. The van der Waals surface area contributed by atoms with Gasteiger partial charge in [0.15, 0.2) is 0 Å². The average Bonchev–Trinajstić information content (AvgIpc) is 2.94. The van der Waals surface area contributed by atoms with Gasteiger partial charge in [-0.1, -0.05) is 85.8 Å². The summed E-state index contributed by atoms with van der Waals surface area (Å²) in [5.74, 6) is 0.152. The highest BCUT2D eigenvalue weighted by Crippen LogP contribution is 2.43. The molecule has 0 aliphatic heterocycles. The highest BCUT2D eigenvalue weighted by molar-refractivity contribution is 5.93. The molecule has 1 aliphatic rings. The van der Waals surface area contributed by atoms with E-state index in [1.807, 2.05) is 0 Å². The Morgan fingerprint density at radius 2 is 1.40 bits per heavy atom. The zero-order valence-electron chi connectivity index (χ0n) is 17.9. The van der Waals surface area contributed by atoms with Crippen LogP contribution in [0.25, 0.3) is 0 Å². The number of carbonyl (C=O) groups is 1. The highest BCUT2D eigenvalue weighted by atomic mass is 16.2. The molecular weight excluding hydrogens is 366 g/mol. The number of rotatable bonds is 7. The van der Waals surface area contributed by atoms with Gasteiger partial charge in [0.2, 0.25) is 5.91 Å². The van der Waals surface area contributed by atoms with Crippen LogP contribution in [0.5, 0.6) is 0 Å². The molecule has 0 heterocycles. The summed E-state index contributed by atoms with van der Waals surface area (Å²) in [6, 6.07) is 27.8. The molecule has 1 N–H and O–H groups in total. The normalized spacial score (nSPS) is 14.3. The topological polar surface area (TPSA) is 29.1 Å². The largest absolute Gasteiger partial charge is 0.355 e. The van der Waals surface area contributed by atoms with Gasteiger partial charge in [0.25, 0.3) is 0 Å². The van der Waals surface area contributed by atoms with Gasteiger partial charge in [-0.2, -0.15) is 0 Å². The zero-order chi connectivity index (χ0) is 20.8. The smallest absolute Gasteiger partial charge is 0.235 e. The van der Waals surface area contributed by atoms with E-state index in [0.717, 1.165) is 38.5 Å². The van der Waals surface area contributed by atoms with Crippen molar-refractivity contribution in [3.63, 3.8) is 0 Å². The van der Waals surface area contributed by atoms with Crippen LogP contribution in [0.2, 0.25) is 0 Å². The number of amides is 1. The summed E-state index contributed by atoms with van der Waals surface area (Å²) in [5, 5.41) is 3.26. The van der Waals surface area contributed by atoms with Gasteiger partial charge >= 0.3 is 0 Å². The molecular formula is C28H31NO. The Balaban J connectivity index is 1.80. The van der Waals surface area contributed by atoms with Crippen LogP contribution in [0.15, 0.2) is 78.9 Å². The molecule has 0 aromatic heterocycles. The lowest BCUT2D eigenvalue weighted by molar-refractivity contribution is -0.125. The van der Waals surface area contributed by atoms with E-state index in [1.165, 1.54) is 27.8 Å². The van der Waals surface area contributed by atoms with Crippen molar-refractivity contribution in [2.24, 2.45) is 0 Å². The molecule has 1 amide bonds. The monoisotopic (exact) mass is 397 g/mol. The molecule has 0 fully saturated rings. The van der Waals surface area contributed by atoms with Gasteiger partial charge in [0.1, 0.15) is 0 Å². The maximum Gasteiger partial charge on any atom is 0.235 e. The number of nitrogens with one attached hydrogen (secondary N) is 1. The summed E-state index contributed by atoms with van der Waals surface area (Å²) in [6.07, 6.45) is 5.66. The third-order valence-electron chi connectivity index (χ3n) is 6.40. The fourth-order valence-electron chi connectivity index (χ4n) is 4.94. The number of hydrogen-bond acceptors (Lipinski definition) is 1. The molecule has 0 unspecified atom stereocenters. The van der Waals surface area contributed by atoms with E-state index in [2.05, 4.69) is 91.1 Å². The fourth-order valence-corrected chi connectivity index (χ4v) is 4.94. The summed E-state index contributed by atoms with van der Waals surface area (Å²) in [7, 11) is 0. The predicted molar refractivity (Wildman–Crippen MR) is 124 cm³/mol. The van der Waals surface area contributed by atoms with Crippen LogP contribution < -0.4 is 5.32 Å². The van der Waals surface area contributed by atoms with Gasteiger partial charge < -0.3 is 5.32 Å². The van der Waals surface area contributed by atoms with Crippen molar-refractivity contribution in [1.29, 1.82) is 0 Å². The Kier molecular flexibility index (Phi) is 6.32. The molecule has 2 heteroatoms. The zero-order valence-corrected chi connectivity index (χ0v) is 17.9. The Morgan fingerprint density at radius 1 is 0.833 bits per heavy atom. The lowest BCUT2D eigenvalue weighted by Crippen LogP contribution is -2.46. The number of fused-ring (bicyclic) bond motifs is 2. The minimum absolute atomic E-state index is 0.152. The molecule has 0 radical (unpaired) electrons. The predicted octanol–water partition coefficient (Wildman–Crippen LogP) is 5.62. The number of hydrogen-bond donors (Lipinski definition) is 1. The average molecular weight is 398 g/mol. The second-order valence-electron chi connectivity index (χ2n) is 8.31. The van der Waals surface area contributed by atoms with Crippen molar-refractivity contribution in [3.8, 4) is 0 Å². The third kappa shape index (κ3) is 3.92. The Morgan fingerprint density at radius 3 is 2.00 bits per heavy atom. The van der Waals surface area contributed by atoms with E-state index >= 15 is 0 Å². The van der Waals surface area contributed by atoms with Crippen molar-refractivity contribution >= 4 is 5.91 Å². The third-order valence-corrected chi connectivity index (χ3v) is 6.40. The fraction of sp³-hybridized carbons (Fsp3) is 0.321. The molecule has 0 saturated heterocycles. The van der Waals surface area contributed by atoms with Gasteiger partial charge in [0.05, 0.1) is 5.41 Å². The summed E-state index contributed by atoms with van der Waals surface area (Å²) in [6.45, 7) is 2.82.